The van der Waals surface area contributed by atoms with E-state index in [1.807, 2.05) is 0 Å². The predicted octanol–water partition coefficient (Wildman–Crippen LogP) is 2.10. The molecular weight excluding hydrogens is 256 g/mol. The molecule has 0 aliphatic heterocycles. The highest BCUT2D eigenvalue weighted by Gasteiger charge is 2.14. The van der Waals surface area contributed by atoms with Crippen LogP contribution in [0.3, 0.4) is 0 Å². The van der Waals surface area contributed by atoms with Gasteiger partial charge in [-0.3, -0.25) is 4.55 Å². The van der Waals surface area contributed by atoms with E-state index in [1.54, 1.807) is 25.3 Å². The molecule has 0 aromatic heterocycles. The minimum absolute atomic E-state index is 0.197. The van der Waals surface area contributed by atoms with E-state index >= 15 is 0 Å². The van der Waals surface area contributed by atoms with Crippen molar-refractivity contribution in [3.63, 3.8) is 0 Å². The van der Waals surface area contributed by atoms with Gasteiger partial charge in [0.25, 0.3) is 10.1 Å². The van der Waals surface area contributed by atoms with Crippen molar-refractivity contribution in [1.82, 2.24) is 0 Å². The van der Waals surface area contributed by atoms with Crippen LogP contribution in [0, 0.1) is 0 Å². The Labute approximate surface area is 105 Å². The van der Waals surface area contributed by atoms with Gasteiger partial charge in [0.2, 0.25) is 0 Å². The van der Waals surface area contributed by atoms with Gasteiger partial charge in [0.05, 0.1) is 19.1 Å². The second-order valence-electron chi connectivity index (χ2n) is 3.69. The lowest BCUT2D eigenvalue weighted by molar-refractivity contribution is 0.411. The van der Waals surface area contributed by atoms with E-state index in [1.165, 1.54) is 19.2 Å². The van der Waals surface area contributed by atoms with Crippen molar-refractivity contribution in [2.24, 2.45) is 0 Å². The third-order valence-corrected chi connectivity index (χ3v) is 3.45. The van der Waals surface area contributed by atoms with E-state index in [0.29, 0.717) is 22.3 Å². The molecule has 0 aliphatic carbocycles. The summed E-state index contributed by atoms with van der Waals surface area (Å²) in [5.41, 5.74) is 0. The van der Waals surface area contributed by atoms with Crippen molar-refractivity contribution in [1.29, 1.82) is 0 Å². The minimum atomic E-state index is -4.25. The zero-order valence-corrected chi connectivity index (χ0v) is 10.7. The number of rotatable bonds is 3. The second kappa shape index (κ2) is 4.47. The molecule has 0 amide bonds. The minimum Gasteiger partial charge on any atom is -0.497 e. The van der Waals surface area contributed by atoms with E-state index in [9.17, 15) is 8.42 Å². The lowest BCUT2D eigenvalue weighted by atomic mass is 10.1. The number of benzene rings is 2. The average Bonchev–Trinajstić information content (AvgIpc) is 2.35. The first-order chi connectivity index (χ1) is 8.45. The molecule has 2 aromatic carbocycles. The fourth-order valence-corrected chi connectivity index (χ4v) is 2.25. The molecule has 0 fully saturated rings. The van der Waals surface area contributed by atoms with E-state index < -0.39 is 10.1 Å². The molecule has 1 N–H and O–H groups in total. The Morgan fingerprint density at radius 3 is 2.33 bits per heavy atom. The molecule has 0 spiro atoms. The van der Waals surface area contributed by atoms with Crippen molar-refractivity contribution >= 4 is 20.9 Å². The Morgan fingerprint density at radius 2 is 1.78 bits per heavy atom. The number of fused-ring (bicyclic) bond motifs is 1. The number of ether oxygens (including phenoxy) is 2. The summed E-state index contributed by atoms with van der Waals surface area (Å²) in [5.74, 6) is 0.999. The molecule has 6 heteroatoms. The molecule has 0 atom stereocenters. The molecule has 0 saturated heterocycles. The van der Waals surface area contributed by atoms with Crippen LogP contribution in [-0.2, 0) is 10.1 Å². The van der Waals surface area contributed by atoms with E-state index in [-0.39, 0.29) is 4.90 Å². The largest absolute Gasteiger partial charge is 0.497 e. The van der Waals surface area contributed by atoms with Gasteiger partial charge < -0.3 is 9.47 Å². The smallest absolute Gasteiger partial charge is 0.294 e. The molecule has 0 bridgehead atoms. The normalized spacial score (nSPS) is 11.5. The van der Waals surface area contributed by atoms with Crippen molar-refractivity contribution in [2.75, 3.05) is 14.2 Å². The summed E-state index contributed by atoms with van der Waals surface area (Å²) < 4.78 is 41.6. The van der Waals surface area contributed by atoms with Crippen LogP contribution in [0.4, 0.5) is 0 Å². The summed E-state index contributed by atoms with van der Waals surface area (Å²) >= 11 is 0. The van der Waals surface area contributed by atoms with Crippen LogP contribution in [0.15, 0.2) is 35.2 Å². The molecule has 5 nitrogen and oxygen atoms in total. The fraction of sp³-hybridized carbons (Fsp3) is 0.167. The molecular formula is C12H12O5S. The fourth-order valence-electron chi connectivity index (χ4n) is 1.72. The Balaban J connectivity index is 2.79. The highest BCUT2D eigenvalue weighted by molar-refractivity contribution is 7.85. The highest BCUT2D eigenvalue weighted by atomic mass is 32.2. The van der Waals surface area contributed by atoms with Gasteiger partial charge in [-0.25, -0.2) is 0 Å². The van der Waals surface area contributed by atoms with Gasteiger partial charge in [-0.15, -0.1) is 0 Å². The van der Waals surface area contributed by atoms with Gasteiger partial charge in [0, 0.05) is 11.5 Å². The topological polar surface area (TPSA) is 72.8 Å². The molecule has 2 aromatic rings. The van der Waals surface area contributed by atoms with E-state index in [0.717, 1.165) is 0 Å². The number of methoxy groups -OCH3 is 2. The maximum atomic E-state index is 11.1. The Bertz CT molecular complexity index is 691. The molecule has 0 unspecified atom stereocenters. The molecule has 2 rings (SSSR count). The van der Waals surface area contributed by atoms with Gasteiger partial charge in [-0.1, -0.05) is 6.07 Å². The van der Waals surface area contributed by atoms with Gasteiger partial charge in [0.1, 0.15) is 11.5 Å². The molecule has 0 heterocycles. The van der Waals surface area contributed by atoms with Crippen molar-refractivity contribution in [3.8, 4) is 11.5 Å². The van der Waals surface area contributed by atoms with Gasteiger partial charge in [0.15, 0.2) is 0 Å². The number of hydrogen-bond acceptors (Lipinski definition) is 4. The zero-order valence-electron chi connectivity index (χ0n) is 9.88. The standard InChI is InChI=1S/C12H12O5S/c1-16-9-4-3-8-5-10(18(13,14)15)7-12(17-2)11(8)6-9/h3-7H,1-2H3,(H,13,14,15). The summed E-state index contributed by atoms with van der Waals surface area (Å²) in [5, 5.41) is 1.35. The molecule has 0 saturated carbocycles. The van der Waals surface area contributed by atoms with E-state index in [2.05, 4.69) is 0 Å². The first-order valence-corrected chi connectivity index (χ1v) is 6.53. The van der Waals surface area contributed by atoms with Crippen molar-refractivity contribution in [2.45, 2.75) is 4.90 Å². The molecule has 96 valence electrons. The Hall–Kier alpha value is -1.79. The van der Waals surface area contributed by atoms with Gasteiger partial charge in [-0.2, -0.15) is 8.42 Å². The lowest BCUT2D eigenvalue weighted by Gasteiger charge is -2.09. The maximum absolute atomic E-state index is 11.1. The zero-order chi connectivity index (χ0) is 13.3. The first kappa shape index (κ1) is 12.7. The molecule has 18 heavy (non-hydrogen) atoms. The molecule has 0 aliphatic rings. The van der Waals surface area contributed by atoms with Crippen LogP contribution in [0.2, 0.25) is 0 Å². The van der Waals surface area contributed by atoms with Crippen LogP contribution in [0.1, 0.15) is 0 Å². The quantitative estimate of drug-likeness (QED) is 0.863. The van der Waals surface area contributed by atoms with Crippen molar-refractivity contribution in [3.05, 3.63) is 30.3 Å². The molecule has 0 radical (unpaired) electrons. The predicted molar refractivity (Wildman–Crippen MR) is 66.9 cm³/mol. The highest BCUT2D eigenvalue weighted by Crippen LogP contribution is 2.32. The van der Waals surface area contributed by atoms with Crippen LogP contribution in [0.5, 0.6) is 11.5 Å². The third-order valence-electron chi connectivity index (χ3n) is 2.61. The Morgan fingerprint density at radius 1 is 1.06 bits per heavy atom. The van der Waals surface area contributed by atoms with Crippen LogP contribution < -0.4 is 9.47 Å². The summed E-state index contributed by atoms with van der Waals surface area (Å²) in [6.45, 7) is 0. The summed E-state index contributed by atoms with van der Waals surface area (Å²) in [6, 6.07) is 7.80. The van der Waals surface area contributed by atoms with Crippen molar-refractivity contribution < 1.29 is 22.4 Å². The summed E-state index contributed by atoms with van der Waals surface area (Å²) in [7, 11) is -1.28. The second-order valence-corrected chi connectivity index (χ2v) is 5.11. The maximum Gasteiger partial charge on any atom is 0.294 e. The van der Waals surface area contributed by atoms with Crippen LogP contribution >= 0.6 is 0 Å². The van der Waals surface area contributed by atoms with Gasteiger partial charge >= 0.3 is 0 Å². The van der Waals surface area contributed by atoms with Crippen LogP contribution in [0.25, 0.3) is 10.8 Å². The Kier molecular flexibility index (Phi) is 3.14. The average molecular weight is 268 g/mol. The van der Waals surface area contributed by atoms with Gasteiger partial charge in [-0.05, 0) is 23.6 Å². The van der Waals surface area contributed by atoms with Crippen LogP contribution in [-0.4, -0.2) is 27.2 Å². The number of hydrogen-bond donors (Lipinski definition) is 1. The first-order valence-electron chi connectivity index (χ1n) is 5.09. The summed E-state index contributed by atoms with van der Waals surface area (Å²) in [4.78, 5) is -0.197. The van der Waals surface area contributed by atoms with E-state index in [4.69, 9.17) is 14.0 Å². The SMILES string of the molecule is COc1ccc2cc(S(=O)(=O)O)cc(OC)c2c1. The lowest BCUT2D eigenvalue weighted by Crippen LogP contribution is -1.99. The third kappa shape index (κ3) is 2.25. The monoisotopic (exact) mass is 268 g/mol. The summed E-state index contributed by atoms with van der Waals surface area (Å²) in [6.07, 6.45) is 0.